The summed E-state index contributed by atoms with van der Waals surface area (Å²) < 4.78 is -3.03. The molecule has 0 spiro atoms. The van der Waals surface area contributed by atoms with Gasteiger partial charge in [0.25, 0.3) is 0 Å². The molecule has 0 heterocycles. The predicted molar refractivity (Wildman–Crippen MR) is 29.3 cm³/mol. The molecule has 1 rings (SSSR count). The van der Waals surface area contributed by atoms with Crippen molar-refractivity contribution in [3.8, 4) is 0 Å². The van der Waals surface area contributed by atoms with Crippen LogP contribution in [0.3, 0.4) is 0 Å². The third-order valence-corrected chi connectivity index (χ3v) is 2.06. The second-order valence-electron chi connectivity index (χ2n) is 1.92. The van der Waals surface area contributed by atoms with Crippen molar-refractivity contribution < 1.29 is 38.4 Å². The first-order valence-electron chi connectivity index (χ1n) is 3.13. The molecule has 0 saturated heterocycles. The summed E-state index contributed by atoms with van der Waals surface area (Å²) in [5.74, 6) is 0. The number of carbonyl (C=O) groups is 2. The summed E-state index contributed by atoms with van der Waals surface area (Å²) in [7, 11) is 0. The zero-order valence-corrected chi connectivity index (χ0v) is 8.05. The number of hydrogen-bond acceptors (Lipinski definition) is 4. The van der Waals surface area contributed by atoms with Gasteiger partial charge in [0.2, 0.25) is 0 Å². The first-order chi connectivity index (χ1) is 5.13. The molecule has 0 amide bonds. The van der Waals surface area contributed by atoms with Gasteiger partial charge in [-0.3, -0.25) is 0 Å². The fraction of sp³-hybridized carbons (Fsp3) is 0.667. The Morgan fingerprint density at radius 3 is 1.18 bits per heavy atom. The van der Waals surface area contributed by atoms with Crippen LogP contribution in [0.4, 0.5) is 9.59 Å². The molecule has 1 aliphatic rings. The molecule has 66 valence electrons. The second-order valence-corrected chi connectivity index (χ2v) is 4.34. The van der Waals surface area contributed by atoms with E-state index in [1.807, 2.05) is 0 Å². The molecule has 0 aromatic carbocycles. The van der Waals surface area contributed by atoms with E-state index in [1.54, 1.807) is 0 Å². The van der Waals surface area contributed by atoms with Crippen molar-refractivity contribution in [3.63, 3.8) is 0 Å². The molecule has 1 saturated carbocycles. The SMILES string of the molecule is C1CCC1.O=[C]([O-])[Pt+2][C](=O)[O-]. The zero-order chi connectivity index (χ0) is 8.69. The summed E-state index contributed by atoms with van der Waals surface area (Å²) in [4.78, 5) is 18.7. The molecule has 11 heavy (non-hydrogen) atoms. The third kappa shape index (κ3) is 9.63. The van der Waals surface area contributed by atoms with E-state index in [9.17, 15) is 19.8 Å². The van der Waals surface area contributed by atoms with Crippen LogP contribution < -0.4 is 10.2 Å². The van der Waals surface area contributed by atoms with Gasteiger partial charge in [-0.05, 0) is 0 Å². The van der Waals surface area contributed by atoms with Crippen molar-refractivity contribution in [3.05, 3.63) is 0 Å². The van der Waals surface area contributed by atoms with Gasteiger partial charge >= 0.3 is 47.1 Å². The zero-order valence-electron chi connectivity index (χ0n) is 5.78. The summed E-state index contributed by atoms with van der Waals surface area (Å²) in [6.45, 7) is 0. The molecule has 0 aromatic heterocycles. The summed E-state index contributed by atoms with van der Waals surface area (Å²) in [5, 5.41) is 18.7. The molecule has 5 heteroatoms. The Balaban J connectivity index is 0.000000207. The molecule has 0 aromatic rings. The van der Waals surface area contributed by atoms with Crippen molar-refractivity contribution in [2.24, 2.45) is 0 Å². The maximum atomic E-state index is 9.33. The fourth-order valence-electron chi connectivity index (χ4n) is 0.303. The maximum absolute atomic E-state index is 9.33. The Bertz CT molecular complexity index is 126. The molecule has 4 nitrogen and oxygen atoms in total. The van der Waals surface area contributed by atoms with E-state index in [-0.39, 0.29) is 0 Å². The van der Waals surface area contributed by atoms with Crippen LogP contribution in [0, 0.1) is 0 Å². The van der Waals surface area contributed by atoms with Gasteiger partial charge in [0.15, 0.2) is 0 Å². The van der Waals surface area contributed by atoms with Crippen molar-refractivity contribution in [2.75, 3.05) is 0 Å². The number of carboxylic acid groups (broad SMARTS) is 2. The molecule has 0 bridgehead atoms. The van der Waals surface area contributed by atoms with Gasteiger partial charge in [-0.2, -0.15) is 0 Å². The van der Waals surface area contributed by atoms with Crippen LogP contribution in [-0.2, 0) is 18.6 Å². The minimum atomic E-state index is -1.89. The summed E-state index contributed by atoms with van der Waals surface area (Å²) in [5.41, 5.74) is 0. The van der Waals surface area contributed by atoms with Gasteiger partial charge in [-0.25, -0.2) is 0 Å². The second kappa shape index (κ2) is 6.35. The minimum absolute atomic E-state index is 1.50. The van der Waals surface area contributed by atoms with Crippen molar-refractivity contribution in [1.29, 1.82) is 0 Å². The van der Waals surface area contributed by atoms with Crippen molar-refractivity contribution in [1.82, 2.24) is 0 Å². The van der Waals surface area contributed by atoms with Crippen LogP contribution in [0.5, 0.6) is 0 Å². The van der Waals surface area contributed by atoms with E-state index in [0.717, 1.165) is 0 Å². The monoisotopic (exact) mass is 339 g/mol. The summed E-state index contributed by atoms with van der Waals surface area (Å²) in [6.07, 6.45) is 6.00. The number of rotatable bonds is 2. The van der Waals surface area contributed by atoms with Gasteiger partial charge in [0.05, 0.1) is 0 Å². The van der Waals surface area contributed by atoms with Crippen molar-refractivity contribution in [2.45, 2.75) is 25.7 Å². The van der Waals surface area contributed by atoms with Gasteiger partial charge in [0.1, 0.15) is 0 Å². The number of hydrogen-bond donors (Lipinski definition) is 0. The Morgan fingerprint density at radius 1 is 0.909 bits per heavy atom. The van der Waals surface area contributed by atoms with E-state index in [2.05, 4.69) is 0 Å². The van der Waals surface area contributed by atoms with Gasteiger partial charge in [0, 0.05) is 0 Å². The normalized spacial score (nSPS) is 14.2. The van der Waals surface area contributed by atoms with Crippen LogP contribution in [0.2, 0.25) is 0 Å². The molecule has 0 unspecified atom stereocenters. The van der Waals surface area contributed by atoms with Crippen LogP contribution in [-0.4, -0.2) is 8.72 Å². The Labute approximate surface area is 73.1 Å². The quantitative estimate of drug-likeness (QED) is 0.667. The first-order valence-corrected chi connectivity index (χ1v) is 5.40. The van der Waals surface area contributed by atoms with E-state index in [0.29, 0.717) is 0 Å². The molecular formula is C6H8O4Pt. The van der Waals surface area contributed by atoms with Crippen LogP contribution in [0.15, 0.2) is 0 Å². The van der Waals surface area contributed by atoms with Gasteiger partial charge in [-0.15, -0.1) is 0 Å². The van der Waals surface area contributed by atoms with Gasteiger partial charge in [-0.1, -0.05) is 25.7 Å². The standard InChI is InChI=1S/C4H8.2CO2.Pt/c1-2-4-3-1;2*2-1-3;/h1-4H2;;;/q;2*-1;+2. The third-order valence-electron chi connectivity index (χ3n) is 1.13. The van der Waals surface area contributed by atoms with Crippen LogP contribution in [0.1, 0.15) is 25.7 Å². The molecule has 0 N–H and O–H groups in total. The number of carbonyl (C=O) groups excluding carboxylic acids is 2. The molecule has 1 aliphatic carbocycles. The van der Waals surface area contributed by atoms with E-state index >= 15 is 0 Å². The molecular weight excluding hydrogens is 331 g/mol. The van der Waals surface area contributed by atoms with E-state index in [4.69, 9.17) is 0 Å². The Kier molecular flexibility index (Phi) is 6.13. The molecule has 0 aliphatic heterocycles. The average Bonchev–Trinajstić information content (AvgIpc) is 1.52. The van der Waals surface area contributed by atoms with Crippen LogP contribution >= 0.6 is 0 Å². The summed E-state index contributed by atoms with van der Waals surface area (Å²) >= 11 is -1.89. The fourth-order valence-corrected chi connectivity index (χ4v) is 0.681. The molecule has 0 radical (unpaired) electrons. The molecule has 0 atom stereocenters. The van der Waals surface area contributed by atoms with Crippen LogP contribution in [0.25, 0.3) is 0 Å². The Morgan fingerprint density at radius 2 is 1.18 bits per heavy atom. The topological polar surface area (TPSA) is 80.3 Å². The first kappa shape index (κ1) is 10.6. The summed E-state index contributed by atoms with van der Waals surface area (Å²) in [6, 6.07) is 0. The molecule has 1 fully saturated rings. The van der Waals surface area contributed by atoms with E-state index < -0.39 is 27.3 Å². The Hall–Kier alpha value is -0.372. The van der Waals surface area contributed by atoms with E-state index in [1.165, 1.54) is 25.7 Å². The van der Waals surface area contributed by atoms with Gasteiger partial charge < -0.3 is 0 Å². The average molecular weight is 339 g/mol. The van der Waals surface area contributed by atoms with Crippen molar-refractivity contribution >= 4 is 8.72 Å². The predicted octanol–water partition coefficient (Wildman–Crippen LogP) is -0.684.